The molecule has 1 aliphatic carbocycles. The maximum absolute atomic E-state index is 12.0. The molecule has 6 heteroatoms. The smallest absolute Gasteiger partial charge is 0.305 e. The van der Waals surface area contributed by atoms with Crippen molar-refractivity contribution in [1.82, 2.24) is 10.3 Å². The van der Waals surface area contributed by atoms with Gasteiger partial charge in [0.1, 0.15) is 0 Å². The molecule has 2 rings (SSSR count). The van der Waals surface area contributed by atoms with Gasteiger partial charge in [0, 0.05) is 24.4 Å². The van der Waals surface area contributed by atoms with Crippen molar-refractivity contribution in [2.45, 2.75) is 50.5 Å². The number of carboxylic acid groups (broad SMARTS) is 1. The topological polar surface area (TPSA) is 79.3 Å². The van der Waals surface area contributed by atoms with Crippen LogP contribution in [-0.4, -0.2) is 27.5 Å². The van der Waals surface area contributed by atoms with Crippen molar-refractivity contribution in [3.63, 3.8) is 0 Å². The average Bonchev–Trinajstić information content (AvgIpc) is 2.97. The molecule has 2 N–H and O–H groups in total. The summed E-state index contributed by atoms with van der Waals surface area (Å²) in [5, 5.41) is 14.7. The first kappa shape index (κ1) is 14.0. The molecule has 1 aromatic rings. The fraction of sp³-hybridized carbons (Fsp3) is 0.615. The summed E-state index contributed by atoms with van der Waals surface area (Å²) in [7, 11) is 0. The van der Waals surface area contributed by atoms with Crippen LogP contribution >= 0.6 is 11.3 Å². The predicted octanol–water partition coefficient (Wildman–Crippen LogP) is 1.98. The third-order valence-corrected chi connectivity index (χ3v) is 4.34. The fourth-order valence-corrected chi connectivity index (χ4v) is 3.26. The van der Waals surface area contributed by atoms with Crippen molar-refractivity contribution in [3.05, 3.63) is 16.6 Å². The van der Waals surface area contributed by atoms with E-state index < -0.39 is 11.5 Å². The molecule has 0 saturated heterocycles. The van der Waals surface area contributed by atoms with Crippen molar-refractivity contribution in [2.75, 3.05) is 0 Å². The summed E-state index contributed by atoms with van der Waals surface area (Å²) in [6.45, 7) is 0. The van der Waals surface area contributed by atoms with Crippen LogP contribution in [0.25, 0.3) is 0 Å². The van der Waals surface area contributed by atoms with Gasteiger partial charge < -0.3 is 10.4 Å². The highest BCUT2D eigenvalue weighted by Gasteiger charge is 2.37. The van der Waals surface area contributed by atoms with E-state index in [4.69, 9.17) is 5.11 Å². The molecule has 1 fully saturated rings. The Labute approximate surface area is 116 Å². The van der Waals surface area contributed by atoms with Gasteiger partial charge in [-0.3, -0.25) is 9.59 Å². The lowest BCUT2D eigenvalue weighted by Gasteiger charge is -2.28. The van der Waals surface area contributed by atoms with Gasteiger partial charge in [0.15, 0.2) is 0 Å². The maximum Gasteiger partial charge on any atom is 0.305 e. The Kier molecular flexibility index (Phi) is 4.52. The summed E-state index contributed by atoms with van der Waals surface area (Å²) in [6, 6.07) is 0. The van der Waals surface area contributed by atoms with Gasteiger partial charge in [-0.05, 0) is 12.8 Å². The maximum atomic E-state index is 12.0. The number of nitrogens with zero attached hydrogens (tertiary/aromatic N) is 1. The molecule has 1 heterocycles. The molecule has 0 bridgehead atoms. The highest BCUT2D eigenvalue weighted by Crippen LogP contribution is 2.32. The molecule has 19 heavy (non-hydrogen) atoms. The molecule has 0 aliphatic heterocycles. The van der Waals surface area contributed by atoms with Crippen molar-refractivity contribution >= 4 is 23.2 Å². The van der Waals surface area contributed by atoms with E-state index in [-0.39, 0.29) is 12.3 Å². The number of amides is 1. The number of aromatic nitrogens is 1. The highest BCUT2D eigenvalue weighted by molar-refractivity contribution is 7.09. The molecule has 104 valence electrons. The van der Waals surface area contributed by atoms with Crippen LogP contribution in [0.3, 0.4) is 0 Å². The molecule has 1 aliphatic rings. The van der Waals surface area contributed by atoms with E-state index in [1.165, 1.54) is 11.3 Å². The Hall–Kier alpha value is -1.43. The van der Waals surface area contributed by atoms with E-state index in [1.807, 2.05) is 5.38 Å². The van der Waals surface area contributed by atoms with E-state index in [0.29, 0.717) is 12.8 Å². The van der Waals surface area contributed by atoms with Crippen molar-refractivity contribution < 1.29 is 14.7 Å². The van der Waals surface area contributed by atoms with Gasteiger partial charge in [0.05, 0.1) is 17.0 Å². The number of carboxylic acids is 1. The number of carbonyl (C=O) groups is 2. The van der Waals surface area contributed by atoms with Gasteiger partial charge in [0.2, 0.25) is 5.91 Å². The summed E-state index contributed by atoms with van der Waals surface area (Å²) in [4.78, 5) is 27.0. The zero-order valence-corrected chi connectivity index (χ0v) is 11.5. The number of carbonyl (C=O) groups excluding carboxylic acids is 1. The van der Waals surface area contributed by atoms with Crippen molar-refractivity contribution in [3.8, 4) is 0 Å². The first-order chi connectivity index (χ1) is 9.10. The summed E-state index contributed by atoms with van der Waals surface area (Å²) < 4.78 is 0. The molecular formula is C13H18N2O3S. The van der Waals surface area contributed by atoms with Crippen molar-refractivity contribution in [2.24, 2.45) is 0 Å². The molecule has 5 nitrogen and oxygen atoms in total. The van der Waals surface area contributed by atoms with Gasteiger partial charge in [-0.25, -0.2) is 4.98 Å². The zero-order chi connectivity index (χ0) is 13.7. The highest BCUT2D eigenvalue weighted by atomic mass is 32.1. The lowest BCUT2D eigenvalue weighted by molar-refractivity contribution is -0.139. The Bertz CT molecular complexity index is 439. The Morgan fingerprint density at radius 3 is 2.74 bits per heavy atom. The lowest BCUT2D eigenvalue weighted by atomic mass is 9.93. The third kappa shape index (κ3) is 4.02. The predicted molar refractivity (Wildman–Crippen MR) is 72.0 cm³/mol. The molecule has 0 aromatic carbocycles. The van der Waals surface area contributed by atoms with E-state index in [2.05, 4.69) is 10.3 Å². The standard InChI is InChI=1S/C13H18N2O3S/c16-10(3-4-11-14-7-8-19-11)15-13(9-12(17)18)5-1-2-6-13/h7-8H,1-6,9H2,(H,15,16)(H,17,18). The van der Waals surface area contributed by atoms with Gasteiger partial charge in [-0.2, -0.15) is 0 Å². The molecule has 0 spiro atoms. The van der Waals surface area contributed by atoms with Gasteiger partial charge in [0.25, 0.3) is 0 Å². The Morgan fingerprint density at radius 2 is 2.16 bits per heavy atom. The second-order valence-electron chi connectivity index (χ2n) is 5.03. The number of hydrogen-bond acceptors (Lipinski definition) is 4. The zero-order valence-electron chi connectivity index (χ0n) is 10.7. The minimum absolute atomic E-state index is 0.0238. The van der Waals surface area contributed by atoms with Crippen LogP contribution in [0, 0.1) is 0 Å². The molecule has 0 radical (unpaired) electrons. The van der Waals surface area contributed by atoms with E-state index >= 15 is 0 Å². The summed E-state index contributed by atoms with van der Waals surface area (Å²) in [6.07, 6.45) is 6.24. The minimum atomic E-state index is -0.845. The average molecular weight is 282 g/mol. The monoisotopic (exact) mass is 282 g/mol. The van der Waals surface area contributed by atoms with E-state index in [9.17, 15) is 9.59 Å². The first-order valence-electron chi connectivity index (χ1n) is 6.51. The Morgan fingerprint density at radius 1 is 1.42 bits per heavy atom. The molecule has 0 unspecified atom stereocenters. The second-order valence-corrected chi connectivity index (χ2v) is 6.01. The lowest BCUT2D eigenvalue weighted by Crippen LogP contribution is -2.47. The van der Waals surface area contributed by atoms with Gasteiger partial charge in [-0.15, -0.1) is 11.3 Å². The number of aliphatic carboxylic acids is 1. The summed E-state index contributed by atoms with van der Waals surface area (Å²) in [5.74, 6) is -0.916. The number of hydrogen-bond donors (Lipinski definition) is 2. The molecule has 1 amide bonds. The molecule has 1 aromatic heterocycles. The number of thiazole rings is 1. The number of nitrogens with one attached hydrogen (secondary N) is 1. The van der Waals surface area contributed by atoms with Crippen LogP contribution in [0.15, 0.2) is 11.6 Å². The first-order valence-corrected chi connectivity index (χ1v) is 7.39. The molecule has 1 saturated carbocycles. The SMILES string of the molecule is O=C(O)CC1(NC(=O)CCc2nccs2)CCCC1. The Balaban J connectivity index is 1.86. The minimum Gasteiger partial charge on any atom is -0.481 e. The van der Waals surface area contributed by atoms with Gasteiger partial charge in [-0.1, -0.05) is 12.8 Å². The van der Waals surface area contributed by atoms with Gasteiger partial charge >= 0.3 is 5.97 Å². The number of rotatable bonds is 6. The normalized spacial score (nSPS) is 17.3. The summed E-state index contributed by atoms with van der Waals surface area (Å²) in [5.41, 5.74) is -0.522. The molecular weight excluding hydrogens is 264 g/mol. The van der Waals surface area contributed by atoms with Crippen LogP contribution in [0.1, 0.15) is 43.5 Å². The van der Waals surface area contributed by atoms with Crippen LogP contribution in [0.4, 0.5) is 0 Å². The molecule has 0 atom stereocenters. The van der Waals surface area contributed by atoms with E-state index in [1.54, 1.807) is 6.20 Å². The largest absolute Gasteiger partial charge is 0.481 e. The fourth-order valence-electron chi connectivity index (χ4n) is 2.64. The van der Waals surface area contributed by atoms with Crippen LogP contribution in [0.2, 0.25) is 0 Å². The van der Waals surface area contributed by atoms with Crippen molar-refractivity contribution in [1.29, 1.82) is 0 Å². The quantitative estimate of drug-likeness (QED) is 0.836. The van der Waals surface area contributed by atoms with Crippen LogP contribution < -0.4 is 5.32 Å². The van der Waals surface area contributed by atoms with Crippen LogP contribution in [-0.2, 0) is 16.0 Å². The van der Waals surface area contributed by atoms with E-state index in [0.717, 1.165) is 30.7 Å². The summed E-state index contributed by atoms with van der Waals surface area (Å²) >= 11 is 1.53. The number of aryl methyl sites for hydroxylation is 1. The van der Waals surface area contributed by atoms with Crippen LogP contribution in [0.5, 0.6) is 0 Å². The second kappa shape index (κ2) is 6.14. The third-order valence-electron chi connectivity index (χ3n) is 3.50.